The Balaban J connectivity index is 1.91. The third-order valence-electron chi connectivity index (χ3n) is 5.46. The first-order chi connectivity index (χ1) is 15.1. The van der Waals surface area contributed by atoms with Crippen molar-refractivity contribution in [2.45, 2.75) is 32.4 Å². The van der Waals surface area contributed by atoms with E-state index in [1.807, 2.05) is 44.2 Å². The van der Waals surface area contributed by atoms with E-state index in [9.17, 15) is 18.3 Å². The zero-order chi connectivity index (χ0) is 23.0. The molecule has 0 aliphatic heterocycles. The third kappa shape index (κ3) is 4.41. The second kappa shape index (κ2) is 8.43. The fraction of sp³-hybridized carbons (Fsp3) is 0.200. The summed E-state index contributed by atoms with van der Waals surface area (Å²) in [5.41, 5.74) is 2.79. The highest BCUT2D eigenvalue weighted by molar-refractivity contribution is 6.31. The quantitative estimate of drug-likeness (QED) is 0.359. The standard InChI is InChI=1S/C25H20ClF3N2O/c1-14-9-10-30-18(11-14)13-20(17-6-8-22(26)21(12-17)25(27,28)29)19-7-5-16-4-3-15(2)31-23(16)24(19)32/h3-12,20,32H,13H2,1-2H3. The van der Waals surface area contributed by atoms with Gasteiger partial charge in [0, 0.05) is 40.9 Å². The Hall–Kier alpha value is -3.12. The minimum atomic E-state index is -4.59. The lowest BCUT2D eigenvalue weighted by Gasteiger charge is -2.21. The number of aromatic hydroxyl groups is 1. The Morgan fingerprint density at radius 2 is 1.75 bits per heavy atom. The van der Waals surface area contributed by atoms with Crippen LogP contribution in [0, 0.1) is 13.8 Å². The molecular weight excluding hydrogens is 437 g/mol. The van der Waals surface area contributed by atoms with Gasteiger partial charge in [0.2, 0.25) is 0 Å². The highest BCUT2D eigenvalue weighted by atomic mass is 35.5. The van der Waals surface area contributed by atoms with Gasteiger partial charge in [-0.2, -0.15) is 13.2 Å². The maximum atomic E-state index is 13.6. The van der Waals surface area contributed by atoms with Crippen LogP contribution in [0.4, 0.5) is 13.2 Å². The molecular formula is C25H20ClF3N2O. The molecule has 0 spiro atoms. The molecule has 0 fully saturated rings. The molecule has 4 aromatic rings. The van der Waals surface area contributed by atoms with Gasteiger partial charge in [-0.3, -0.25) is 4.98 Å². The molecule has 7 heteroatoms. The predicted molar refractivity (Wildman–Crippen MR) is 119 cm³/mol. The lowest BCUT2D eigenvalue weighted by molar-refractivity contribution is -0.137. The zero-order valence-electron chi connectivity index (χ0n) is 17.4. The van der Waals surface area contributed by atoms with Gasteiger partial charge in [-0.1, -0.05) is 35.9 Å². The Bertz CT molecular complexity index is 1300. The van der Waals surface area contributed by atoms with Crippen LogP contribution in [0.3, 0.4) is 0 Å². The van der Waals surface area contributed by atoms with Gasteiger partial charge in [0.1, 0.15) is 11.3 Å². The first kappa shape index (κ1) is 22.1. The van der Waals surface area contributed by atoms with Crippen LogP contribution in [0.25, 0.3) is 10.9 Å². The van der Waals surface area contributed by atoms with Gasteiger partial charge >= 0.3 is 6.18 Å². The molecule has 0 bridgehead atoms. The number of pyridine rings is 2. The van der Waals surface area contributed by atoms with Gasteiger partial charge in [0.15, 0.2) is 0 Å². The van der Waals surface area contributed by atoms with Gasteiger partial charge in [-0.05, 0) is 55.3 Å². The van der Waals surface area contributed by atoms with Crippen LogP contribution in [0.15, 0.2) is 60.8 Å². The summed E-state index contributed by atoms with van der Waals surface area (Å²) in [7, 11) is 0. The number of fused-ring (bicyclic) bond motifs is 1. The predicted octanol–water partition coefficient (Wildman–Crippen LogP) is 7.00. The summed E-state index contributed by atoms with van der Waals surface area (Å²) in [6, 6.07) is 14.8. The van der Waals surface area contributed by atoms with Crippen LogP contribution in [0.5, 0.6) is 5.75 Å². The maximum Gasteiger partial charge on any atom is 0.417 e. The number of halogens is 4. The van der Waals surface area contributed by atoms with Crippen LogP contribution in [0.1, 0.15) is 39.6 Å². The van der Waals surface area contributed by atoms with Crippen LogP contribution < -0.4 is 0 Å². The van der Waals surface area contributed by atoms with Crippen molar-refractivity contribution in [2.24, 2.45) is 0 Å². The smallest absolute Gasteiger partial charge is 0.417 e. The molecule has 3 nitrogen and oxygen atoms in total. The number of phenolic OH excluding ortho intramolecular Hbond substituents is 1. The molecule has 1 atom stereocenters. The first-order valence-corrected chi connectivity index (χ1v) is 10.4. The van der Waals surface area contributed by atoms with Crippen molar-refractivity contribution in [2.75, 3.05) is 0 Å². The number of alkyl halides is 3. The summed E-state index contributed by atoms with van der Waals surface area (Å²) in [6.45, 7) is 3.74. The van der Waals surface area contributed by atoms with E-state index in [0.717, 1.165) is 22.7 Å². The normalized spacial score (nSPS) is 12.8. The lowest BCUT2D eigenvalue weighted by atomic mass is 9.85. The highest BCUT2D eigenvalue weighted by Crippen LogP contribution is 2.41. The monoisotopic (exact) mass is 456 g/mol. The Kier molecular flexibility index (Phi) is 5.82. The molecule has 1 N–H and O–H groups in total. The Morgan fingerprint density at radius 1 is 1.00 bits per heavy atom. The zero-order valence-corrected chi connectivity index (χ0v) is 18.2. The summed E-state index contributed by atoms with van der Waals surface area (Å²) in [4.78, 5) is 8.82. The van der Waals surface area contributed by atoms with E-state index in [1.54, 1.807) is 18.3 Å². The maximum absolute atomic E-state index is 13.6. The van der Waals surface area contributed by atoms with E-state index in [1.165, 1.54) is 6.07 Å². The minimum Gasteiger partial charge on any atom is -0.505 e. The molecule has 1 unspecified atom stereocenters. The molecule has 0 saturated heterocycles. The summed E-state index contributed by atoms with van der Waals surface area (Å²) >= 11 is 5.85. The van der Waals surface area contributed by atoms with Crippen LogP contribution in [0.2, 0.25) is 5.02 Å². The lowest BCUT2D eigenvalue weighted by Crippen LogP contribution is -2.11. The van der Waals surface area contributed by atoms with E-state index in [-0.39, 0.29) is 10.8 Å². The van der Waals surface area contributed by atoms with Crippen molar-refractivity contribution in [3.63, 3.8) is 0 Å². The molecule has 2 aromatic heterocycles. The molecule has 0 saturated carbocycles. The number of aryl methyl sites for hydroxylation is 2. The van der Waals surface area contributed by atoms with Crippen molar-refractivity contribution in [1.82, 2.24) is 9.97 Å². The molecule has 164 valence electrons. The minimum absolute atomic E-state index is 0.0487. The van der Waals surface area contributed by atoms with E-state index in [0.29, 0.717) is 28.8 Å². The Morgan fingerprint density at radius 3 is 2.47 bits per heavy atom. The van der Waals surface area contributed by atoms with E-state index < -0.39 is 17.7 Å². The number of aromatic nitrogens is 2. The Labute approximate surface area is 188 Å². The largest absolute Gasteiger partial charge is 0.505 e. The fourth-order valence-electron chi connectivity index (χ4n) is 3.87. The molecule has 0 aliphatic carbocycles. The molecule has 32 heavy (non-hydrogen) atoms. The highest BCUT2D eigenvalue weighted by Gasteiger charge is 2.34. The molecule has 0 amide bonds. The van der Waals surface area contributed by atoms with Crippen molar-refractivity contribution < 1.29 is 18.3 Å². The van der Waals surface area contributed by atoms with Crippen molar-refractivity contribution >= 4 is 22.5 Å². The van der Waals surface area contributed by atoms with Gasteiger partial charge in [0.25, 0.3) is 0 Å². The second-order valence-electron chi connectivity index (χ2n) is 7.85. The van der Waals surface area contributed by atoms with Crippen molar-refractivity contribution in [3.05, 3.63) is 99.5 Å². The summed E-state index contributed by atoms with van der Waals surface area (Å²) in [6.07, 6.45) is -2.63. The molecule has 4 rings (SSSR count). The summed E-state index contributed by atoms with van der Waals surface area (Å²) in [5, 5.41) is 11.5. The average Bonchev–Trinajstić information content (AvgIpc) is 2.73. The number of hydrogen-bond donors (Lipinski definition) is 1. The van der Waals surface area contributed by atoms with Gasteiger partial charge < -0.3 is 5.11 Å². The van der Waals surface area contributed by atoms with E-state index >= 15 is 0 Å². The molecule has 0 radical (unpaired) electrons. The number of nitrogens with zero attached hydrogens (tertiary/aromatic N) is 2. The second-order valence-corrected chi connectivity index (χ2v) is 8.25. The topological polar surface area (TPSA) is 46.0 Å². The van der Waals surface area contributed by atoms with Crippen molar-refractivity contribution in [1.29, 1.82) is 0 Å². The van der Waals surface area contributed by atoms with Gasteiger partial charge in [-0.25, -0.2) is 4.98 Å². The van der Waals surface area contributed by atoms with E-state index in [4.69, 9.17) is 11.6 Å². The van der Waals surface area contributed by atoms with Crippen molar-refractivity contribution in [3.8, 4) is 5.75 Å². The number of hydrogen-bond acceptors (Lipinski definition) is 3. The average molecular weight is 457 g/mol. The van der Waals surface area contributed by atoms with Crippen LogP contribution in [-0.4, -0.2) is 15.1 Å². The molecule has 2 heterocycles. The van der Waals surface area contributed by atoms with E-state index in [2.05, 4.69) is 9.97 Å². The summed E-state index contributed by atoms with van der Waals surface area (Å²) in [5.74, 6) is -0.637. The SMILES string of the molecule is Cc1ccnc(CC(c2ccc(Cl)c(C(F)(F)F)c2)c2ccc3ccc(C)nc3c2O)c1. The van der Waals surface area contributed by atoms with Gasteiger partial charge in [0.05, 0.1) is 10.6 Å². The first-order valence-electron chi connectivity index (χ1n) is 10.0. The van der Waals surface area contributed by atoms with Gasteiger partial charge in [-0.15, -0.1) is 0 Å². The third-order valence-corrected chi connectivity index (χ3v) is 5.79. The number of rotatable bonds is 4. The van der Waals surface area contributed by atoms with Crippen LogP contribution >= 0.6 is 11.6 Å². The molecule has 2 aromatic carbocycles. The summed E-state index contributed by atoms with van der Waals surface area (Å²) < 4.78 is 40.7. The fourth-order valence-corrected chi connectivity index (χ4v) is 4.10. The van der Waals surface area contributed by atoms with Crippen LogP contribution in [-0.2, 0) is 12.6 Å². The molecule has 0 aliphatic rings. The number of phenols is 1. The number of benzene rings is 2.